The predicted octanol–water partition coefficient (Wildman–Crippen LogP) is -0.529. The van der Waals surface area contributed by atoms with Crippen molar-refractivity contribution in [3.05, 3.63) is 21.9 Å². The highest BCUT2D eigenvalue weighted by Crippen LogP contribution is 2.42. The number of carboxylic acids is 2. The highest BCUT2D eigenvalue weighted by atomic mass is 32.2. The number of aliphatic imine (C=N–C) groups is 1. The minimum absolute atomic E-state index is 0.0422. The van der Waals surface area contributed by atoms with E-state index in [1.54, 1.807) is 6.26 Å². The molecule has 0 aromatic carbocycles. The fourth-order valence-electron chi connectivity index (χ4n) is 2.62. The Morgan fingerprint density at radius 3 is 2.75 bits per heavy atom. The van der Waals surface area contributed by atoms with Crippen molar-refractivity contribution in [1.29, 1.82) is 0 Å². The summed E-state index contributed by atoms with van der Waals surface area (Å²) in [5.74, 6) is -3.44. The zero-order valence-corrected chi connectivity index (χ0v) is 16.6. The molecule has 0 bridgehead atoms. The van der Waals surface area contributed by atoms with Crippen LogP contribution in [0.5, 0.6) is 0 Å². The van der Waals surface area contributed by atoms with Crippen LogP contribution in [0.15, 0.2) is 21.1 Å². The lowest BCUT2D eigenvalue weighted by Gasteiger charge is -2.49. The summed E-state index contributed by atoms with van der Waals surface area (Å²) >= 11 is 3.55. The number of carbonyl (C=O) groups is 4. The molecular weight excluding hydrogens is 430 g/mol. The van der Waals surface area contributed by atoms with E-state index in [1.165, 1.54) is 29.0 Å². The number of nitrogens with one attached hydrogen (secondary N) is 1. The molecule has 28 heavy (non-hydrogen) atoms. The summed E-state index contributed by atoms with van der Waals surface area (Å²) in [6.07, 6.45) is 1.73. The summed E-state index contributed by atoms with van der Waals surface area (Å²) in [5, 5.41) is 20.2. The molecule has 1 saturated heterocycles. The first-order valence-electron chi connectivity index (χ1n) is 7.64. The van der Waals surface area contributed by atoms with Crippen LogP contribution in [-0.2, 0) is 19.2 Å². The van der Waals surface area contributed by atoms with Gasteiger partial charge in [0.05, 0.1) is 0 Å². The molecule has 11 nitrogen and oxygen atoms in total. The van der Waals surface area contributed by atoms with Gasteiger partial charge in [-0.15, -0.1) is 23.5 Å². The first kappa shape index (κ1) is 20.3. The molecule has 0 saturated carbocycles. The van der Waals surface area contributed by atoms with Gasteiger partial charge in [-0.2, -0.15) is 4.37 Å². The molecule has 148 valence electrons. The molecule has 0 aliphatic carbocycles. The number of hydrogen-bond acceptors (Lipinski definition) is 10. The molecule has 2 atom stereocenters. The van der Waals surface area contributed by atoms with Gasteiger partial charge in [-0.05, 0) is 17.8 Å². The summed E-state index contributed by atoms with van der Waals surface area (Å²) < 4.78 is 3.88. The van der Waals surface area contributed by atoms with E-state index in [2.05, 4.69) is 19.7 Å². The van der Waals surface area contributed by atoms with Crippen molar-refractivity contribution in [1.82, 2.24) is 19.6 Å². The second-order valence-corrected chi connectivity index (χ2v) is 8.07. The highest BCUT2D eigenvalue weighted by molar-refractivity contribution is 8.05. The standard InChI is InChI=1S/C14H13N5O6S3/c1-26-5-3-27-13-8(12(23)19(13)9(5)14(24)25)17-11(22)7(15-2-6(20)21)10-16-4-28-18-10/h4,8,13H,2-3H2,1H3,(H,17,22)(H,20,21)(H,24,25)/b15-7-/t8?,13-/m1/s1. The van der Waals surface area contributed by atoms with Crippen LogP contribution in [0.1, 0.15) is 5.82 Å². The van der Waals surface area contributed by atoms with Gasteiger partial charge in [-0.25, -0.2) is 9.78 Å². The van der Waals surface area contributed by atoms with Crippen molar-refractivity contribution in [2.75, 3.05) is 18.6 Å². The maximum atomic E-state index is 12.6. The average molecular weight is 443 g/mol. The van der Waals surface area contributed by atoms with Gasteiger partial charge < -0.3 is 15.5 Å². The molecular formula is C14H13N5O6S3. The topological polar surface area (TPSA) is 162 Å². The lowest BCUT2D eigenvalue weighted by Crippen LogP contribution is -2.71. The molecule has 1 unspecified atom stereocenters. The largest absolute Gasteiger partial charge is 0.480 e. The van der Waals surface area contributed by atoms with Gasteiger partial charge in [0, 0.05) is 10.7 Å². The molecule has 2 aliphatic rings. The summed E-state index contributed by atoms with van der Waals surface area (Å²) in [6.45, 7) is -0.659. The maximum Gasteiger partial charge on any atom is 0.353 e. The third-order valence-electron chi connectivity index (χ3n) is 3.83. The Bertz CT molecular complexity index is 899. The van der Waals surface area contributed by atoms with Gasteiger partial charge in [-0.3, -0.25) is 24.3 Å². The van der Waals surface area contributed by atoms with E-state index in [0.717, 1.165) is 16.4 Å². The number of nitrogens with zero attached hydrogens (tertiary/aromatic N) is 4. The third-order valence-corrected chi connectivity index (χ3v) is 6.60. The van der Waals surface area contributed by atoms with Crippen LogP contribution in [0, 0.1) is 0 Å². The van der Waals surface area contributed by atoms with Crippen molar-refractivity contribution in [2.45, 2.75) is 11.4 Å². The minimum Gasteiger partial charge on any atom is -0.480 e. The van der Waals surface area contributed by atoms with Crippen LogP contribution in [-0.4, -0.2) is 83.9 Å². The highest BCUT2D eigenvalue weighted by Gasteiger charge is 2.54. The smallest absolute Gasteiger partial charge is 0.353 e. The number of hydrogen-bond donors (Lipinski definition) is 3. The number of aromatic nitrogens is 2. The molecule has 2 amide bonds. The summed E-state index contributed by atoms with van der Waals surface area (Å²) in [7, 11) is 0. The average Bonchev–Trinajstić information content (AvgIpc) is 3.18. The van der Waals surface area contributed by atoms with Crippen LogP contribution in [0.25, 0.3) is 0 Å². The number of carbonyl (C=O) groups excluding carboxylic acids is 2. The zero-order chi connectivity index (χ0) is 20.4. The van der Waals surface area contributed by atoms with E-state index in [1.807, 2.05) is 0 Å². The van der Waals surface area contributed by atoms with Crippen LogP contribution < -0.4 is 5.32 Å². The molecule has 1 aromatic heterocycles. The minimum atomic E-state index is -1.24. The van der Waals surface area contributed by atoms with Crippen LogP contribution in [0.4, 0.5) is 0 Å². The van der Waals surface area contributed by atoms with Crippen molar-refractivity contribution in [2.24, 2.45) is 4.99 Å². The molecule has 1 fully saturated rings. The van der Waals surface area contributed by atoms with E-state index >= 15 is 0 Å². The van der Waals surface area contributed by atoms with E-state index in [4.69, 9.17) is 5.11 Å². The van der Waals surface area contributed by atoms with Gasteiger partial charge in [0.25, 0.3) is 11.8 Å². The SMILES string of the molecule is CSC1=C(C(=O)O)N2C(=O)C(NC(=O)/C(=N\CC(=O)O)c3ncsn3)[C@H]2SC1. The molecule has 3 rings (SSSR count). The second kappa shape index (κ2) is 8.28. The lowest BCUT2D eigenvalue weighted by atomic mass is 10.0. The number of thioether (sulfide) groups is 2. The Kier molecular flexibility index (Phi) is 6.00. The van der Waals surface area contributed by atoms with Gasteiger partial charge in [0.15, 0.2) is 11.5 Å². The Morgan fingerprint density at radius 2 is 2.18 bits per heavy atom. The zero-order valence-electron chi connectivity index (χ0n) is 14.2. The third kappa shape index (κ3) is 3.74. The first-order valence-corrected chi connectivity index (χ1v) is 10.7. The summed E-state index contributed by atoms with van der Waals surface area (Å²) in [5.41, 5.74) is 0.988. The van der Waals surface area contributed by atoms with E-state index < -0.39 is 41.7 Å². The summed E-state index contributed by atoms with van der Waals surface area (Å²) in [6, 6.07) is -0.955. The van der Waals surface area contributed by atoms with Crippen molar-refractivity contribution < 1.29 is 29.4 Å². The van der Waals surface area contributed by atoms with Crippen molar-refractivity contribution in [3.8, 4) is 0 Å². The Morgan fingerprint density at radius 1 is 1.43 bits per heavy atom. The fourth-order valence-corrected chi connectivity index (χ4v) is 5.30. The molecule has 3 heterocycles. The number of aliphatic carboxylic acids is 2. The van der Waals surface area contributed by atoms with Crippen LogP contribution >= 0.6 is 35.1 Å². The Labute approximate surface area is 170 Å². The summed E-state index contributed by atoms with van der Waals surface area (Å²) in [4.78, 5) is 56.7. The van der Waals surface area contributed by atoms with Gasteiger partial charge in [-0.1, -0.05) is 0 Å². The van der Waals surface area contributed by atoms with Gasteiger partial charge in [0.1, 0.15) is 29.2 Å². The normalized spacial score (nSPS) is 21.8. The number of rotatable bonds is 7. The van der Waals surface area contributed by atoms with Crippen molar-refractivity contribution in [3.63, 3.8) is 0 Å². The molecule has 0 spiro atoms. The monoisotopic (exact) mass is 443 g/mol. The van der Waals surface area contributed by atoms with Gasteiger partial charge in [0.2, 0.25) is 0 Å². The van der Waals surface area contributed by atoms with Gasteiger partial charge >= 0.3 is 11.9 Å². The molecule has 14 heteroatoms. The van der Waals surface area contributed by atoms with Crippen LogP contribution in [0.2, 0.25) is 0 Å². The van der Waals surface area contributed by atoms with Crippen molar-refractivity contribution >= 4 is 64.5 Å². The molecule has 3 N–H and O–H groups in total. The number of carboxylic acid groups (broad SMARTS) is 2. The fraction of sp³-hybridized carbons (Fsp3) is 0.357. The maximum absolute atomic E-state index is 12.6. The number of fused-ring (bicyclic) bond motifs is 1. The van der Waals surface area contributed by atoms with E-state index in [0.29, 0.717) is 10.7 Å². The predicted molar refractivity (Wildman–Crippen MR) is 102 cm³/mol. The van der Waals surface area contributed by atoms with E-state index in [9.17, 15) is 24.3 Å². The number of amides is 2. The van der Waals surface area contributed by atoms with E-state index in [-0.39, 0.29) is 17.2 Å². The molecule has 2 aliphatic heterocycles. The number of β-lactam (4-membered cyclic amide) rings is 1. The molecule has 1 aromatic rings. The quantitative estimate of drug-likeness (QED) is 0.369. The second-order valence-electron chi connectivity index (χ2n) is 5.46. The molecule has 0 radical (unpaired) electrons. The van der Waals surface area contributed by atoms with Crippen LogP contribution in [0.3, 0.4) is 0 Å². The Balaban J connectivity index is 1.79. The Hall–Kier alpha value is -2.45. The first-order chi connectivity index (χ1) is 13.3. The lowest BCUT2D eigenvalue weighted by molar-refractivity contribution is -0.150.